The highest BCUT2D eigenvalue weighted by Gasteiger charge is 2.17. The molecule has 0 spiro atoms. The Labute approximate surface area is 139 Å². The Bertz CT molecular complexity index is 764. The SMILES string of the molecule is COc1cc(NS(=O)(=O)c2ccc(N)nc2)c(Br)cc1Br. The van der Waals surface area contributed by atoms with Gasteiger partial charge in [0.05, 0.1) is 17.3 Å². The Morgan fingerprint density at radius 3 is 2.52 bits per heavy atom. The first-order valence-corrected chi connectivity index (χ1v) is 8.68. The molecule has 0 unspecified atom stereocenters. The number of anilines is 2. The van der Waals surface area contributed by atoms with E-state index in [0.717, 1.165) is 0 Å². The predicted molar refractivity (Wildman–Crippen MR) is 87.9 cm³/mol. The zero-order chi connectivity index (χ0) is 15.6. The summed E-state index contributed by atoms with van der Waals surface area (Å²) in [6.45, 7) is 0. The maximum absolute atomic E-state index is 12.3. The van der Waals surface area contributed by atoms with Crippen LogP contribution < -0.4 is 15.2 Å². The van der Waals surface area contributed by atoms with Crippen LogP contribution in [0.4, 0.5) is 11.5 Å². The number of halogens is 2. The van der Waals surface area contributed by atoms with Crippen LogP contribution in [0.5, 0.6) is 5.75 Å². The molecule has 2 aromatic rings. The molecule has 0 aliphatic carbocycles. The second-order valence-corrected chi connectivity index (χ2v) is 7.38. The van der Waals surface area contributed by atoms with Crippen LogP contribution in [0.15, 0.2) is 44.3 Å². The number of hydrogen-bond donors (Lipinski definition) is 2. The number of sulfonamides is 1. The average Bonchev–Trinajstić information content (AvgIpc) is 2.42. The number of nitrogens with one attached hydrogen (secondary N) is 1. The minimum Gasteiger partial charge on any atom is -0.495 e. The summed E-state index contributed by atoms with van der Waals surface area (Å²) in [6.07, 6.45) is 1.20. The van der Waals surface area contributed by atoms with E-state index in [-0.39, 0.29) is 10.7 Å². The lowest BCUT2D eigenvalue weighted by Gasteiger charge is -2.12. The molecule has 1 aromatic heterocycles. The summed E-state index contributed by atoms with van der Waals surface area (Å²) in [6, 6.07) is 6.06. The van der Waals surface area contributed by atoms with Gasteiger partial charge in [-0.3, -0.25) is 4.72 Å². The topological polar surface area (TPSA) is 94.3 Å². The van der Waals surface area contributed by atoms with Gasteiger partial charge < -0.3 is 10.5 Å². The van der Waals surface area contributed by atoms with Crippen LogP contribution in [0.2, 0.25) is 0 Å². The monoisotopic (exact) mass is 435 g/mol. The first kappa shape index (κ1) is 16.1. The van der Waals surface area contributed by atoms with Crippen molar-refractivity contribution in [1.29, 1.82) is 0 Å². The molecule has 21 heavy (non-hydrogen) atoms. The molecule has 9 heteroatoms. The second kappa shape index (κ2) is 6.20. The highest BCUT2D eigenvalue weighted by Crippen LogP contribution is 2.35. The minimum absolute atomic E-state index is 0.0190. The van der Waals surface area contributed by atoms with Crippen LogP contribution in [-0.4, -0.2) is 20.5 Å². The number of nitrogens with zero attached hydrogens (tertiary/aromatic N) is 1. The number of aromatic nitrogens is 1. The van der Waals surface area contributed by atoms with Gasteiger partial charge in [0.1, 0.15) is 16.5 Å². The van der Waals surface area contributed by atoms with E-state index < -0.39 is 10.0 Å². The van der Waals surface area contributed by atoms with Crippen molar-refractivity contribution >= 4 is 53.4 Å². The van der Waals surface area contributed by atoms with Crippen molar-refractivity contribution in [2.75, 3.05) is 17.6 Å². The summed E-state index contributed by atoms with van der Waals surface area (Å²) < 4.78 is 33.5. The minimum atomic E-state index is -3.76. The molecule has 0 aliphatic rings. The number of methoxy groups -OCH3 is 1. The number of benzene rings is 1. The summed E-state index contributed by atoms with van der Waals surface area (Å²) >= 11 is 6.62. The Morgan fingerprint density at radius 2 is 1.95 bits per heavy atom. The first-order chi connectivity index (χ1) is 9.83. The highest BCUT2D eigenvalue weighted by molar-refractivity contribution is 9.11. The number of nitrogen functional groups attached to an aromatic ring is 1. The van der Waals surface area contributed by atoms with Gasteiger partial charge in [-0.05, 0) is 50.1 Å². The molecule has 0 atom stereocenters. The number of hydrogen-bond acceptors (Lipinski definition) is 5. The van der Waals surface area contributed by atoms with E-state index in [1.165, 1.54) is 25.4 Å². The van der Waals surface area contributed by atoms with Gasteiger partial charge in [-0.25, -0.2) is 13.4 Å². The van der Waals surface area contributed by atoms with Crippen molar-refractivity contribution in [1.82, 2.24) is 4.98 Å². The van der Waals surface area contributed by atoms with E-state index in [9.17, 15) is 8.42 Å². The maximum Gasteiger partial charge on any atom is 0.263 e. The van der Waals surface area contributed by atoms with Crippen LogP contribution >= 0.6 is 31.9 Å². The summed E-state index contributed by atoms with van der Waals surface area (Å²) in [7, 11) is -2.26. The van der Waals surface area contributed by atoms with Crippen LogP contribution in [0, 0.1) is 0 Å². The zero-order valence-corrected chi connectivity index (χ0v) is 14.8. The average molecular weight is 437 g/mol. The molecule has 0 bridgehead atoms. The summed E-state index contributed by atoms with van der Waals surface area (Å²) in [5, 5.41) is 0. The summed E-state index contributed by atoms with van der Waals surface area (Å²) in [4.78, 5) is 3.79. The van der Waals surface area contributed by atoms with Gasteiger partial charge in [0.2, 0.25) is 0 Å². The number of rotatable bonds is 4. The third-order valence-corrected chi connectivity index (χ3v) is 5.18. The Hall–Kier alpha value is -1.32. The molecule has 2 rings (SSSR count). The normalized spacial score (nSPS) is 11.2. The molecule has 1 heterocycles. The molecule has 0 aliphatic heterocycles. The van der Waals surface area contributed by atoms with Crippen LogP contribution in [-0.2, 0) is 10.0 Å². The van der Waals surface area contributed by atoms with Crippen LogP contribution in [0.25, 0.3) is 0 Å². The standard InChI is InChI=1S/C12H11Br2N3O3S/c1-20-11-5-10(8(13)4-9(11)14)17-21(18,19)7-2-3-12(15)16-6-7/h2-6,17H,1H3,(H2,15,16). The van der Waals surface area contributed by atoms with E-state index in [1.54, 1.807) is 12.1 Å². The summed E-state index contributed by atoms with van der Waals surface area (Å²) in [5.41, 5.74) is 5.80. The second-order valence-electron chi connectivity index (χ2n) is 3.99. The smallest absolute Gasteiger partial charge is 0.263 e. The van der Waals surface area contributed by atoms with Crippen molar-refractivity contribution in [3.63, 3.8) is 0 Å². The van der Waals surface area contributed by atoms with Gasteiger partial charge in [-0.2, -0.15) is 0 Å². The van der Waals surface area contributed by atoms with E-state index in [4.69, 9.17) is 10.5 Å². The van der Waals surface area contributed by atoms with Crippen molar-refractivity contribution in [3.8, 4) is 5.75 Å². The molecule has 1 aromatic carbocycles. The molecular formula is C12H11Br2N3O3S. The van der Waals surface area contributed by atoms with Gasteiger partial charge in [0, 0.05) is 16.7 Å². The van der Waals surface area contributed by atoms with E-state index >= 15 is 0 Å². The molecule has 0 radical (unpaired) electrons. The Morgan fingerprint density at radius 1 is 1.24 bits per heavy atom. The Kier molecular flexibility index (Phi) is 4.74. The largest absolute Gasteiger partial charge is 0.495 e. The van der Waals surface area contributed by atoms with Crippen molar-refractivity contribution in [2.24, 2.45) is 0 Å². The van der Waals surface area contributed by atoms with E-state index in [2.05, 4.69) is 41.6 Å². The van der Waals surface area contributed by atoms with E-state index in [0.29, 0.717) is 20.4 Å². The predicted octanol–water partition coefficient (Wildman–Crippen LogP) is 3.00. The van der Waals surface area contributed by atoms with Gasteiger partial charge >= 0.3 is 0 Å². The number of nitrogens with two attached hydrogens (primary N) is 1. The lowest BCUT2D eigenvalue weighted by Crippen LogP contribution is -2.14. The van der Waals surface area contributed by atoms with Crippen molar-refractivity contribution < 1.29 is 13.2 Å². The van der Waals surface area contributed by atoms with Crippen LogP contribution in [0.1, 0.15) is 0 Å². The maximum atomic E-state index is 12.3. The number of pyridine rings is 1. The fourth-order valence-corrected chi connectivity index (χ4v) is 3.92. The fraction of sp³-hybridized carbons (Fsp3) is 0.0833. The quantitative estimate of drug-likeness (QED) is 0.768. The first-order valence-electron chi connectivity index (χ1n) is 5.61. The molecule has 0 amide bonds. The van der Waals surface area contributed by atoms with Gasteiger partial charge in [0.25, 0.3) is 10.0 Å². The number of ether oxygens (including phenoxy) is 1. The molecule has 0 fully saturated rings. The molecule has 0 saturated carbocycles. The van der Waals surface area contributed by atoms with Gasteiger partial charge in [-0.15, -0.1) is 0 Å². The lowest BCUT2D eigenvalue weighted by atomic mass is 10.3. The highest BCUT2D eigenvalue weighted by atomic mass is 79.9. The third kappa shape index (κ3) is 3.66. The Balaban J connectivity index is 2.39. The van der Waals surface area contributed by atoms with Gasteiger partial charge in [0.15, 0.2) is 0 Å². The molecular weight excluding hydrogens is 426 g/mol. The summed E-state index contributed by atoms with van der Waals surface area (Å²) in [5.74, 6) is 0.756. The van der Waals surface area contributed by atoms with Gasteiger partial charge in [-0.1, -0.05) is 0 Å². The van der Waals surface area contributed by atoms with Crippen molar-refractivity contribution in [2.45, 2.75) is 4.90 Å². The molecule has 0 saturated heterocycles. The lowest BCUT2D eigenvalue weighted by molar-refractivity contribution is 0.412. The molecule has 112 valence electrons. The molecule has 3 N–H and O–H groups in total. The van der Waals surface area contributed by atoms with Crippen molar-refractivity contribution in [3.05, 3.63) is 39.4 Å². The molecule has 6 nitrogen and oxygen atoms in total. The third-order valence-electron chi connectivity index (χ3n) is 2.56. The zero-order valence-electron chi connectivity index (χ0n) is 10.8. The van der Waals surface area contributed by atoms with E-state index in [1.807, 2.05) is 0 Å². The van der Waals surface area contributed by atoms with Crippen LogP contribution in [0.3, 0.4) is 0 Å². The fourth-order valence-electron chi connectivity index (χ4n) is 1.52.